The number of aliphatic hydroxyl groups excluding tert-OH is 1. The van der Waals surface area contributed by atoms with Crippen LogP contribution in [0.5, 0.6) is 5.75 Å². The molecule has 1 aromatic rings. The van der Waals surface area contributed by atoms with Crippen LogP contribution in [0.1, 0.15) is 32.6 Å². The lowest BCUT2D eigenvalue weighted by Gasteiger charge is -2.11. The molecule has 0 saturated heterocycles. The standard InChI is InChI=1S/C15H24N2O3/c1-2-3-4-5-9-20-13-8-6-7-12(10-13)17-15(19)14(16)11-18/h6-8,10,14,18H,2-5,9,11,16H2,1H3,(H,17,19)/t14-/m1/s1. The number of nitrogens with two attached hydrogens (primary N) is 1. The average molecular weight is 280 g/mol. The van der Waals surface area contributed by atoms with E-state index in [0.29, 0.717) is 12.3 Å². The van der Waals surface area contributed by atoms with Crippen molar-refractivity contribution in [2.75, 3.05) is 18.5 Å². The van der Waals surface area contributed by atoms with Gasteiger partial charge in [0.2, 0.25) is 5.91 Å². The third-order valence-corrected chi connectivity index (χ3v) is 2.90. The molecule has 112 valence electrons. The summed E-state index contributed by atoms with van der Waals surface area (Å²) >= 11 is 0. The first-order valence-electron chi connectivity index (χ1n) is 7.07. The van der Waals surface area contributed by atoms with Gasteiger partial charge in [0.15, 0.2) is 0 Å². The second kappa shape index (κ2) is 9.34. The van der Waals surface area contributed by atoms with Gasteiger partial charge in [-0.3, -0.25) is 4.79 Å². The molecule has 1 rings (SSSR count). The molecule has 0 heterocycles. The number of benzene rings is 1. The summed E-state index contributed by atoms with van der Waals surface area (Å²) in [6, 6.07) is 6.25. The molecular weight excluding hydrogens is 256 g/mol. The van der Waals surface area contributed by atoms with Gasteiger partial charge in [0, 0.05) is 11.8 Å². The Morgan fingerprint density at radius 3 is 2.90 bits per heavy atom. The maximum absolute atomic E-state index is 11.6. The SMILES string of the molecule is CCCCCCOc1cccc(NC(=O)[C@H](N)CO)c1. The van der Waals surface area contributed by atoms with Gasteiger partial charge in [-0.1, -0.05) is 32.3 Å². The van der Waals surface area contributed by atoms with Gasteiger partial charge >= 0.3 is 0 Å². The zero-order chi connectivity index (χ0) is 14.8. The first kappa shape index (κ1) is 16.5. The first-order chi connectivity index (χ1) is 9.67. The number of carbonyl (C=O) groups excluding carboxylic acids is 1. The van der Waals surface area contributed by atoms with Gasteiger partial charge < -0.3 is 20.9 Å². The van der Waals surface area contributed by atoms with Crippen LogP contribution in [-0.2, 0) is 4.79 Å². The summed E-state index contributed by atoms with van der Waals surface area (Å²) in [6.07, 6.45) is 4.61. The lowest BCUT2D eigenvalue weighted by atomic mass is 10.2. The summed E-state index contributed by atoms with van der Waals surface area (Å²) in [5.74, 6) is 0.310. The van der Waals surface area contributed by atoms with E-state index >= 15 is 0 Å². The van der Waals surface area contributed by atoms with E-state index in [-0.39, 0.29) is 6.61 Å². The number of hydrogen-bond acceptors (Lipinski definition) is 4. The van der Waals surface area contributed by atoms with Crippen LogP contribution in [0.3, 0.4) is 0 Å². The van der Waals surface area contributed by atoms with Crippen molar-refractivity contribution >= 4 is 11.6 Å². The minimum Gasteiger partial charge on any atom is -0.494 e. The minimum absolute atomic E-state index is 0.376. The molecule has 1 aromatic carbocycles. The van der Waals surface area contributed by atoms with Crippen molar-refractivity contribution in [3.63, 3.8) is 0 Å². The van der Waals surface area contributed by atoms with Gasteiger partial charge in [0.25, 0.3) is 0 Å². The highest BCUT2D eigenvalue weighted by Crippen LogP contribution is 2.18. The summed E-state index contributed by atoms with van der Waals surface area (Å²) < 4.78 is 5.63. The molecule has 0 spiro atoms. The topological polar surface area (TPSA) is 84.6 Å². The fourth-order valence-electron chi connectivity index (χ4n) is 1.70. The van der Waals surface area contributed by atoms with Crippen LogP contribution in [0.25, 0.3) is 0 Å². The van der Waals surface area contributed by atoms with Crippen LogP contribution in [0.4, 0.5) is 5.69 Å². The Hall–Kier alpha value is -1.59. The van der Waals surface area contributed by atoms with Crippen LogP contribution in [0.15, 0.2) is 24.3 Å². The summed E-state index contributed by atoms with van der Waals surface area (Å²) in [6.45, 7) is 2.47. The first-order valence-corrected chi connectivity index (χ1v) is 7.07. The van der Waals surface area contributed by atoms with Crippen LogP contribution in [-0.4, -0.2) is 30.3 Å². The van der Waals surface area contributed by atoms with E-state index < -0.39 is 11.9 Å². The Morgan fingerprint density at radius 1 is 1.40 bits per heavy atom. The van der Waals surface area contributed by atoms with Crippen LogP contribution in [0.2, 0.25) is 0 Å². The predicted octanol–water partition coefficient (Wildman–Crippen LogP) is 1.90. The molecule has 0 unspecified atom stereocenters. The number of rotatable bonds is 9. The molecule has 0 saturated carbocycles. The highest BCUT2D eigenvalue weighted by Gasteiger charge is 2.12. The van der Waals surface area contributed by atoms with Gasteiger partial charge in [-0.15, -0.1) is 0 Å². The zero-order valence-corrected chi connectivity index (χ0v) is 12.0. The molecule has 4 N–H and O–H groups in total. The van der Waals surface area contributed by atoms with Gasteiger partial charge in [-0.25, -0.2) is 0 Å². The molecule has 5 nitrogen and oxygen atoms in total. The lowest BCUT2D eigenvalue weighted by Crippen LogP contribution is -2.38. The third-order valence-electron chi connectivity index (χ3n) is 2.90. The number of hydrogen-bond donors (Lipinski definition) is 3. The van der Waals surface area contributed by atoms with Crippen LogP contribution >= 0.6 is 0 Å². The predicted molar refractivity (Wildman–Crippen MR) is 79.8 cm³/mol. The van der Waals surface area contributed by atoms with Crippen molar-refractivity contribution < 1.29 is 14.6 Å². The second-order valence-corrected chi connectivity index (χ2v) is 4.72. The molecule has 0 fully saturated rings. The van der Waals surface area contributed by atoms with E-state index in [1.54, 1.807) is 12.1 Å². The number of aliphatic hydroxyl groups is 1. The van der Waals surface area contributed by atoms with Gasteiger partial charge in [-0.05, 0) is 18.6 Å². The Morgan fingerprint density at radius 2 is 2.20 bits per heavy atom. The number of unbranched alkanes of at least 4 members (excludes halogenated alkanes) is 3. The number of nitrogens with one attached hydrogen (secondary N) is 1. The molecule has 5 heteroatoms. The Bertz CT molecular complexity index is 410. The molecule has 0 bridgehead atoms. The molecule has 0 aromatic heterocycles. The normalized spacial score (nSPS) is 11.9. The monoisotopic (exact) mass is 280 g/mol. The molecule has 1 atom stereocenters. The Labute approximate surface area is 120 Å². The summed E-state index contributed by atoms with van der Waals surface area (Å²) in [4.78, 5) is 11.6. The van der Waals surface area contributed by atoms with E-state index in [1.807, 2.05) is 12.1 Å². The molecule has 20 heavy (non-hydrogen) atoms. The summed E-state index contributed by atoms with van der Waals surface area (Å²) in [5.41, 5.74) is 6.05. The fraction of sp³-hybridized carbons (Fsp3) is 0.533. The number of ether oxygens (including phenoxy) is 1. The van der Waals surface area contributed by atoms with Crippen molar-refractivity contribution in [2.24, 2.45) is 5.73 Å². The highest BCUT2D eigenvalue weighted by molar-refractivity contribution is 5.94. The molecule has 0 radical (unpaired) electrons. The third kappa shape index (κ3) is 6.04. The van der Waals surface area contributed by atoms with E-state index in [9.17, 15) is 4.79 Å². The average Bonchev–Trinajstić information content (AvgIpc) is 2.46. The van der Waals surface area contributed by atoms with Crippen molar-refractivity contribution in [3.05, 3.63) is 24.3 Å². The van der Waals surface area contributed by atoms with E-state index in [4.69, 9.17) is 15.6 Å². The van der Waals surface area contributed by atoms with Crippen molar-refractivity contribution in [2.45, 2.75) is 38.6 Å². The van der Waals surface area contributed by atoms with E-state index in [0.717, 1.165) is 18.6 Å². The van der Waals surface area contributed by atoms with Crippen LogP contribution in [0, 0.1) is 0 Å². The summed E-state index contributed by atoms with van der Waals surface area (Å²) in [7, 11) is 0. The molecule has 1 amide bonds. The largest absolute Gasteiger partial charge is 0.494 e. The number of anilines is 1. The second-order valence-electron chi connectivity index (χ2n) is 4.72. The maximum Gasteiger partial charge on any atom is 0.243 e. The van der Waals surface area contributed by atoms with Crippen LogP contribution < -0.4 is 15.8 Å². The number of carbonyl (C=O) groups is 1. The van der Waals surface area contributed by atoms with Crippen molar-refractivity contribution in [3.8, 4) is 5.75 Å². The Balaban J connectivity index is 2.43. The molecule has 0 aliphatic carbocycles. The van der Waals surface area contributed by atoms with Crippen molar-refractivity contribution in [1.29, 1.82) is 0 Å². The summed E-state index contributed by atoms with van der Waals surface area (Å²) in [5, 5.41) is 11.5. The van der Waals surface area contributed by atoms with Gasteiger partial charge in [-0.2, -0.15) is 0 Å². The molecule has 0 aliphatic heterocycles. The van der Waals surface area contributed by atoms with E-state index in [1.165, 1.54) is 12.8 Å². The highest BCUT2D eigenvalue weighted by atomic mass is 16.5. The van der Waals surface area contributed by atoms with E-state index in [2.05, 4.69) is 12.2 Å². The smallest absolute Gasteiger partial charge is 0.243 e. The zero-order valence-electron chi connectivity index (χ0n) is 12.0. The maximum atomic E-state index is 11.6. The van der Waals surface area contributed by atoms with Crippen molar-refractivity contribution in [1.82, 2.24) is 0 Å². The van der Waals surface area contributed by atoms with Gasteiger partial charge in [0.1, 0.15) is 11.8 Å². The molecular formula is C15H24N2O3. The fourth-order valence-corrected chi connectivity index (χ4v) is 1.70. The minimum atomic E-state index is -0.909. The molecule has 0 aliphatic rings. The number of amides is 1. The van der Waals surface area contributed by atoms with Gasteiger partial charge in [0.05, 0.1) is 13.2 Å². The quantitative estimate of drug-likeness (QED) is 0.603. The Kier molecular flexibility index (Phi) is 7.69. The lowest BCUT2D eigenvalue weighted by molar-refractivity contribution is -0.118.